The van der Waals surface area contributed by atoms with Gasteiger partial charge < -0.3 is 11.1 Å². The number of rotatable bonds is 4. The number of nitrogen functional groups attached to an aromatic ring is 1. The minimum Gasteiger partial charge on any atom is -0.369 e. The van der Waals surface area contributed by atoms with Gasteiger partial charge in [-0.15, -0.1) is 0 Å². The summed E-state index contributed by atoms with van der Waals surface area (Å²) in [6, 6.07) is 1.85. The normalized spacial score (nSPS) is 10.8. The minimum atomic E-state index is -0.00383. The summed E-state index contributed by atoms with van der Waals surface area (Å²) in [5.74, 6) is 0.371. The third-order valence-corrected chi connectivity index (χ3v) is 2.95. The molecule has 0 aliphatic heterocycles. The van der Waals surface area contributed by atoms with Crippen LogP contribution in [0.4, 0.5) is 5.95 Å². The van der Waals surface area contributed by atoms with E-state index in [1.807, 2.05) is 13.0 Å². The van der Waals surface area contributed by atoms with Gasteiger partial charge in [-0.05, 0) is 28.9 Å². The van der Waals surface area contributed by atoms with Crippen LogP contribution in [0.5, 0.6) is 0 Å². The number of aromatic nitrogens is 3. The highest BCUT2D eigenvalue weighted by Crippen LogP contribution is 2.19. The van der Waals surface area contributed by atoms with E-state index in [0.29, 0.717) is 31.1 Å². The van der Waals surface area contributed by atoms with Crippen LogP contribution in [0.3, 0.4) is 0 Å². The first-order valence-electron chi connectivity index (χ1n) is 5.65. The van der Waals surface area contributed by atoms with Crippen molar-refractivity contribution in [3.05, 3.63) is 16.7 Å². The summed E-state index contributed by atoms with van der Waals surface area (Å²) in [6.07, 6.45) is 2.05. The molecule has 0 fully saturated rings. The third kappa shape index (κ3) is 2.61. The van der Waals surface area contributed by atoms with Crippen LogP contribution in [-0.2, 0) is 11.3 Å². The number of hydrogen-bond acceptors (Lipinski definition) is 4. The Labute approximate surface area is 113 Å². The Morgan fingerprint density at radius 1 is 1.61 bits per heavy atom. The molecule has 96 valence electrons. The summed E-state index contributed by atoms with van der Waals surface area (Å²) in [7, 11) is 0. The first-order valence-corrected chi connectivity index (χ1v) is 6.45. The van der Waals surface area contributed by atoms with Crippen LogP contribution in [0.1, 0.15) is 13.3 Å². The Morgan fingerprint density at radius 3 is 3.11 bits per heavy atom. The molecule has 3 N–H and O–H groups in total. The predicted molar refractivity (Wildman–Crippen MR) is 72.9 cm³/mol. The van der Waals surface area contributed by atoms with Crippen molar-refractivity contribution < 1.29 is 4.79 Å². The number of carbonyl (C=O) groups excluding carboxylic acids is 1. The summed E-state index contributed by atoms with van der Waals surface area (Å²) in [5.41, 5.74) is 7.24. The molecule has 2 aromatic rings. The van der Waals surface area contributed by atoms with Crippen LogP contribution in [0, 0.1) is 0 Å². The number of anilines is 1. The van der Waals surface area contributed by atoms with Gasteiger partial charge in [0, 0.05) is 30.2 Å². The van der Waals surface area contributed by atoms with Crippen molar-refractivity contribution in [3.63, 3.8) is 0 Å². The summed E-state index contributed by atoms with van der Waals surface area (Å²) in [6.45, 7) is 2.99. The van der Waals surface area contributed by atoms with Crippen molar-refractivity contribution in [3.8, 4) is 0 Å². The molecule has 7 heteroatoms. The molecule has 2 rings (SSSR count). The fourth-order valence-electron chi connectivity index (χ4n) is 1.72. The average molecular weight is 312 g/mol. The number of amides is 1. The lowest BCUT2D eigenvalue weighted by atomic mass is 10.4. The van der Waals surface area contributed by atoms with Gasteiger partial charge in [0.2, 0.25) is 11.9 Å². The minimum absolute atomic E-state index is 0.00383. The summed E-state index contributed by atoms with van der Waals surface area (Å²) < 4.78 is 2.60. The number of halogens is 1. The van der Waals surface area contributed by atoms with Crippen molar-refractivity contribution in [2.75, 3.05) is 12.3 Å². The van der Waals surface area contributed by atoms with Crippen LogP contribution in [0.2, 0.25) is 0 Å². The van der Waals surface area contributed by atoms with Gasteiger partial charge in [-0.25, -0.2) is 9.97 Å². The zero-order valence-corrected chi connectivity index (χ0v) is 11.6. The molecule has 0 saturated heterocycles. The first kappa shape index (κ1) is 12.8. The topological polar surface area (TPSA) is 85.8 Å². The SMILES string of the molecule is CCNC(=O)CCn1c(N)nc2cc(Br)cnc21. The Bertz CT molecular complexity index is 580. The third-order valence-electron chi connectivity index (χ3n) is 2.52. The number of hydrogen-bond donors (Lipinski definition) is 2. The molecule has 0 radical (unpaired) electrons. The number of fused-ring (bicyclic) bond motifs is 1. The Kier molecular flexibility index (Phi) is 3.81. The second-order valence-corrected chi connectivity index (χ2v) is 4.74. The van der Waals surface area contributed by atoms with Crippen molar-refractivity contribution in [1.29, 1.82) is 0 Å². The summed E-state index contributed by atoms with van der Waals surface area (Å²) in [4.78, 5) is 19.9. The molecule has 0 bridgehead atoms. The van der Waals surface area contributed by atoms with E-state index in [-0.39, 0.29) is 5.91 Å². The number of imidazole rings is 1. The lowest BCUT2D eigenvalue weighted by Crippen LogP contribution is -2.24. The van der Waals surface area contributed by atoms with Gasteiger partial charge in [0.25, 0.3) is 0 Å². The predicted octanol–water partition coefficient (Wildman–Crippen LogP) is 1.30. The van der Waals surface area contributed by atoms with E-state index >= 15 is 0 Å². The molecule has 0 unspecified atom stereocenters. The molecular weight excluding hydrogens is 298 g/mol. The van der Waals surface area contributed by atoms with E-state index in [0.717, 1.165) is 9.99 Å². The van der Waals surface area contributed by atoms with Crippen LogP contribution in [0.15, 0.2) is 16.7 Å². The Balaban J connectivity index is 2.22. The summed E-state index contributed by atoms with van der Waals surface area (Å²) >= 11 is 3.33. The smallest absolute Gasteiger partial charge is 0.221 e. The van der Waals surface area contributed by atoms with E-state index in [9.17, 15) is 4.79 Å². The molecule has 0 atom stereocenters. The molecule has 0 aromatic carbocycles. The van der Waals surface area contributed by atoms with Gasteiger partial charge in [0.15, 0.2) is 5.65 Å². The van der Waals surface area contributed by atoms with E-state index in [1.165, 1.54) is 0 Å². The van der Waals surface area contributed by atoms with Crippen LogP contribution in [-0.4, -0.2) is 27.0 Å². The van der Waals surface area contributed by atoms with Crippen molar-refractivity contribution >= 4 is 38.9 Å². The highest BCUT2D eigenvalue weighted by atomic mass is 79.9. The van der Waals surface area contributed by atoms with Crippen molar-refractivity contribution in [2.45, 2.75) is 19.9 Å². The quantitative estimate of drug-likeness (QED) is 0.891. The lowest BCUT2D eigenvalue weighted by Gasteiger charge is -2.05. The average Bonchev–Trinajstić information content (AvgIpc) is 2.61. The number of nitrogens with one attached hydrogen (secondary N) is 1. The second kappa shape index (κ2) is 5.34. The fraction of sp³-hybridized carbons (Fsp3) is 0.364. The number of carbonyl (C=O) groups is 1. The monoisotopic (exact) mass is 311 g/mol. The molecule has 0 spiro atoms. The maximum atomic E-state index is 11.4. The van der Waals surface area contributed by atoms with Gasteiger partial charge in [-0.2, -0.15) is 0 Å². The van der Waals surface area contributed by atoms with Crippen LogP contribution >= 0.6 is 15.9 Å². The highest BCUT2D eigenvalue weighted by molar-refractivity contribution is 9.10. The largest absolute Gasteiger partial charge is 0.369 e. The van der Waals surface area contributed by atoms with E-state index < -0.39 is 0 Å². The Hall–Kier alpha value is -1.63. The molecular formula is C11H14BrN5O. The highest BCUT2D eigenvalue weighted by Gasteiger charge is 2.11. The molecule has 2 heterocycles. The van der Waals surface area contributed by atoms with Crippen LogP contribution < -0.4 is 11.1 Å². The number of aryl methyl sites for hydroxylation is 1. The number of nitrogens with two attached hydrogens (primary N) is 1. The lowest BCUT2D eigenvalue weighted by molar-refractivity contribution is -0.121. The maximum Gasteiger partial charge on any atom is 0.221 e. The van der Waals surface area contributed by atoms with Gasteiger partial charge in [0.1, 0.15) is 5.52 Å². The molecule has 18 heavy (non-hydrogen) atoms. The molecule has 0 saturated carbocycles. The van der Waals surface area contributed by atoms with E-state index in [4.69, 9.17) is 5.73 Å². The zero-order chi connectivity index (χ0) is 13.1. The molecule has 0 aliphatic carbocycles. The van der Waals surface area contributed by atoms with Crippen molar-refractivity contribution in [2.24, 2.45) is 0 Å². The molecule has 6 nitrogen and oxygen atoms in total. The van der Waals surface area contributed by atoms with Gasteiger partial charge in [-0.1, -0.05) is 0 Å². The van der Waals surface area contributed by atoms with Gasteiger partial charge >= 0.3 is 0 Å². The molecule has 1 amide bonds. The number of pyridine rings is 1. The maximum absolute atomic E-state index is 11.4. The van der Waals surface area contributed by atoms with E-state index in [1.54, 1.807) is 10.8 Å². The fourth-order valence-corrected chi connectivity index (χ4v) is 2.04. The number of nitrogens with zero attached hydrogens (tertiary/aromatic N) is 3. The van der Waals surface area contributed by atoms with Crippen molar-refractivity contribution in [1.82, 2.24) is 19.9 Å². The van der Waals surface area contributed by atoms with Crippen LogP contribution in [0.25, 0.3) is 11.2 Å². The first-order chi connectivity index (χ1) is 8.61. The summed E-state index contributed by atoms with van der Waals surface area (Å²) in [5, 5.41) is 2.74. The Morgan fingerprint density at radius 2 is 2.39 bits per heavy atom. The standard InChI is InChI=1S/C11H14BrN5O/c1-2-14-9(18)3-4-17-10-8(16-11(17)13)5-7(12)6-15-10/h5-6H,2-4H2,1H3,(H2,13,16)(H,14,18). The van der Waals surface area contributed by atoms with E-state index in [2.05, 4.69) is 31.2 Å². The molecule has 0 aliphatic rings. The van der Waals surface area contributed by atoms with Gasteiger partial charge in [0.05, 0.1) is 0 Å². The van der Waals surface area contributed by atoms with Gasteiger partial charge in [-0.3, -0.25) is 9.36 Å². The second-order valence-electron chi connectivity index (χ2n) is 3.82. The molecule has 2 aromatic heterocycles. The zero-order valence-electron chi connectivity index (χ0n) is 9.98.